The predicted octanol–water partition coefficient (Wildman–Crippen LogP) is 3.98. The third kappa shape index (κ3) is 3.52. The van der Waals surface area contributed by atoms with Gasteiger partial charge >= 0.3 is 0 Å². The van der Waals surface area contributed by atoms with E-state index in [0.29, 0.717) is 11.3 Å². The lowest BCUT2D eigenvalue weighted by atomic mass is 10.1. The Morgan fingerprint density at radius 3 is 2.60 bits per heavy atom. The molecule has 2 rings (SSSR count). The number of hydrogen-bond acceptors (Lipinski definition) is 3. The summed E-state index contributed by atoms with van der Waals surface area (Å²) in [5.74, 6) is -0.203. The molecule has 0 bridgehead atoms. The average molecular weight is 355 g/mol. The highest BCUT2D eigenvalue weighted by molar-refractivity contribution is 9.10. The molecule has 0 spiro atoms. The topological polar surface area (TPSA) is 58.6 Å². The first-order valence-electron chi connectivity index (χ1n) is 5.75. The van der Waals surface area contributed by atoms with Crippen LogP contribution in [0.3, 0.4) is 0 Å². The number of thioether (sulfide) groups is 1. The van der Waals surface area contributed by atoms with Crippen LogP contribution in [-0.4, -0.2) is 11.0 Å². The van der Waals surface area contributed by atoms with Gasteiger partial charge < -0.3 is 10.9 Å². The molecular weight excluding hydrogens is 343 g/mol. The summed E-state index contributed by atoms with van der Waals surface area (Å²) in [4.78, 5) is 1.04. The van der Waals surface area contributed by atoms with E-state index < -0.39 is 5.82 Å². The molecule has 0 aliphatic carbocycles. The van der Waals surface area contributed by atoms with Gasteiger partial charge in [0.1, 0.15) is 5.82 Å². The van der Waals surface area contributed by atoms with Crippen LogP contribution in [0.2, 0.25) is 0 Å². The summed E-state index contributed by atoms with van der Waals surface area (Å²) in [5, 5.41) is 11.5. The number of hydrogen-bond donors (Lipinski definition) is 2. The second-order valence-corrected chi connectivity index (χ2v) is 5.97. The zero-order valence-corrected chi connectivity index (χ0v) is 12.8. The van der Waals surface area contributed by atoms with E-state index >= 15 is 0 Å². The standard InChI is InChI=1S/C14H12BrFN2OS/c15-10-4-6-11(7-5-10)20-8-9-2-1-3-12(13(9)16)14(17)18-19/h1-7,19H,8H2,(H2,17,18). The van der Waals surface area contributed by atoms with E-state index in [1.807, 2.05) is 24.3 Å². The molecule has 0 saturated heterocycles. The molecule has 0 radical (unpaired) electrons. The molecule has 20 heavy (non-hydrogen) atoms. The normalized spacial score (nSPS) is 11.6. The summed E-state index contributed by atoms with van der Waals surface area (Å²) in [7, 11) is 0. The summed E-state index contributed by atoms with van der Waals surface area (Å²) in [6.45, 7) is 0. The molecule has 0 aliphatic rings. The van der Waals surface area contributed by atoms with Crippen molar-refractivity contribution >= 4 is 33.5 Å². The van der Waals surface area contributed by atoms with Gasteiger partial charge in [0.15, 0.2) is 5.84 Å². The van der Waals surface area contributed by atoms with Crippen LogP contribution in [0.25, 0.3) is 0 Å². The Morgan fingerprint density at radius 1 is 1.25 bits per heavy atom. The van der Waals surface area contributed by atoms with Crippen LogP contribution in [0.1, 0.15) is 11.1 Å². The van der Waals surface area contributed by atoms with Gasteiger partial charge in [0.25, 0.3) is 0 Å². The van der Waals surface area contributed by atoms with E-state index in [2.05, 4.69) is 21.1 Å². The van der Waals surface area contributed by atoms with Gasteiger partial charge in [-0.15, -0.1) is 11.8 Å². The van der Waals surface area contributed by atoms with Crippen LogP contribution < -0.4 is 5.73 Å². The van der Waals surface area contributed by atoms with Crippen molar-refractivity contribution in [3.63, 3.8) is 0 Å². The Kier molecular flexibility index (Phi) is 5.03. The molecule has 0 heterocycles. The van der Waals surface area contributed by atoms with E-state index in [-0.39, 0.29) is 11.4 Å². The number of halogens is 2. The molecule has 104 valence electrons. The summed E-state index contributed by atoms with van der Waals surface area (Å²) in [6.07, 6.45) is 0. The molecule has 3 nitrogen and oxygen atoms in total. The number of amidine groups is 1. The van der Waals surface area contributed by atoms with Crippen molar-refractivity contribution in [1.29, 1.82) is 0 Å². The predicted molar refractivity (Wildman–Crippen MR) is 82.6 cm³/mol. The highest BCUT2D eigenvalue weighted by Crippen LogP contribution is 2.26. The van der Waals surface area contributed by atoms with E-state index in [9.17, 15) is 4.39 Å². The van der Waals surface area contributed by atoms with Crippen LogP contribution in [-0.2, 0) is 5.75 Å². The molecule has 2 aromatic rings. The fourth-order valence-electron chi connectivity index (χ4n) is 1.63. The number of oxime groups is 1. The maximum absolute atomic E-state index is 14.2. The SMILES string of the molecule is N/C(=N/O)c1cccc(CSc2ccc(Br)cc2)c1F. The summed E-state index contributed by atoms with van der Waals surface area (Å²) in [6, 6.07) is 12.7. The van der Waals surface area contributed by atoms with Crippen LogP contribution in [0, 0.1) is 5.82 Å². The molecular formula is C14H12BrFN2OS. The number of nitrogens with two attached hydrogens (primary N) is 1. The van der Waals surface area contributed by atoms with Crippen molar-refractivity contribution in [3.05, 3.63) is 63.9 Å². The van der Waals surface area contributed by atoms with Gasteiger partial charge in [-0.25, -0.2) is 4.39 Å². The maximum atomic E-state index is 14.2. The Bertz CT molecular complexity index is 632. The summed E-state index contributed by atoms with van der Waals surface area (Å²) in [5.41, 5.74) is 6.06. The molecule has 0 amide bonds. The Morgan fingerprint density at radius 2 is 1.95 bits per heavy atom. The fourth-order valence-corrected chi connectivity index (χ4v) is 2.77. The van der Waals surface area contributed by atoms with E-state index in [1.54, 1.807) is 12.1 Å². The molecule has 0 unspecified atom stereocenters. The quantitative estimate of drug-likeness (QED) is 0.287. The van der Waals surface area contributed by atoms with Crippen LogP contribution in [0.4, 0.5) is 4.39 Å². The average Bonchev–Trinajstić information content (AvgIpc) is 2.47. The van der Waals surface area contributed by atoms with Crippen molar-refractivity contribution in [2.24, 2.45) is 10.9 Å². The van der Waals surface area contributed by atoms with E-state index in [4.69, 9.17) is 10.9 Å². The van der Waals surface area contributed by atoms with E-state index in [1.165, 1.54) is 17.8 Å². The number of rotatable bonds is 4. The minimum Gasteiger partial charge on any atom is -0.409 e. The van der Waals surface area contributed by atoms with Crippen molar-refractivity contribution in [3.8, 4) is 0 Å². The summed E-state index contributed by atoms with van der Waals surface area (Å²) >= 11 is 4.89. The van der Waals surface area contributed by atoms with E-state index in [0.717, 1.165) is 9.37 Å². The van der Waals surface area contributed by atoms with Crippen LogP contribution >= 0.6 is 27.7 Å². The Labute approximate surface area is 128 Å². The van der Waals surface area contributed by atoms with Crippen LogP contribution in [0.5, 0.6) is 0 Å². The Hall–Kier alpha value is -1.53. The molecule has 3 N–H and O–H groups in total. The van der Waals surface area contributed by atoms with Crippen molar-refractivity contribution < 1.29 is 9.60 Å². The van der Waals surface area contributed by atoms with Gasteiger partial charge in [-0.05, 0) is 35.9 Å². The third-order valence-corrected chi connectivity index (χ3v) is 4.26. The number of benzene rings is 2. The van der Waals surface area contributed by atoms with Gasteiger partial charge in [0, 0.05) is 15.1 Å². The minimum atomic E-state index is -0.451. The lowest BCUT2D eigenvalue weighted by Gasteiger charge is -2.07. The second kappa shape index (κ2) is 6.76. The zero-order chi connectivity index (χ0) is 14.5. The molecule has 0 aliphatic heterocycles. The zero-order valence-electron chi connectivity index (χ0n) is 10.4. The monoisotopic (exact) mass is 354 g/mol. The fraction of sp³-hybridized carbons (Fsp3) is 0.0714. The largest absolute Gasteiger partial charge is 0.409 e. The lowest BCUT2D eigenvalue weighted by Crippen LogP contribution is -2.15. The van der Waals surface area contributed by atoms with Crippen molar-refractivity contribution in [1.82, 2.24) is 0 Å². The first kappa shape index (κ1) is 14.9. The van der Waals surface area contributed by atoms with Gasteiger partial charge in [0.2, 0.25) is 0 Å². The second-order valence-electron chi connectivity index (χ2n) is 4.01. The van der Waals surface area contributed by atoms with Crippen molar-refractivity contribution in [2.75, 3.05) is 0 Å². The van der Waals surface area contributed by atoms with Gasteiger partial charge in [-0.2, -0.15) is 0 Å². The summed E-state index contributed by atoms with van der Waals surface area (Å²) < 4.78 is 15.2. The molecule has 2 aromatic carbocycles. The first-order valence-corrected chi connectivity index (χ1v) is 7.53. The lowest BCUT2D eigenvalue weighted by molar-refractivity contribution is 0.318. The van der Waals surface area contributed by atoms with Crippen molar-refractivity contribution in [2.45, 2.75) is 10.6 Å². The Balaban J connectivity index is 2.16. The first-order chi connectivity index (χ1) is 9.61. The molecule has 0 saturated carbocycles. The van der Waals surface area contributed by atoms with Gasteiger partial charge in [0.05, 0.1) is 5.56 Å². The third-order valence-electron chi connectivity index (χ3n) is 2.67. The highest BCUT2D eigenvalue weighted by atomic mass is 79.9. The molecule has 0 atom stereocenters. The highest BCUT2D eigenvalue weighted by Gasteiger charge is 2.11. The van der Waals surface area contributed by atoms with Gasteiger partial charge in [-0.1, -0.05) is 33.2 Å². The minimum absolute atomic E-state index is 0.112. The van der Waals surface area contributed by atoms with Gasteiger partial charge in [-0.3, -0.25) is 0 Å². The maximum Gasteiger partial charge on any atom is 0.173 e. The molecule has 0 fully saturated rings. The molecule has 0 aromatic heterocycles. The number of nitrogens with zero attached hydrogens (tertiary/aromatic N) is 1. The smallest absolute Gasteiger partial charge is 0.173 e. The molecule has 6 heteroatoms. The van der Waals surface area contributed by atoms with Crippen LogP contribution in [0.15, 0.2) is 57.0 Å².